The molecule has 0 fully saturated rings. The number of carbonyl (C=O) groups excluding carboxylic acids is 1. The van der Waals surface area contributed by atoms with Crippen molar-refractivity contribution in [3.8, 4) is 11.5 Å². The topological polar surface area (TPSA) is 38.8 Å². The third kappa shape index (κ3) is 4.89. The summed E-state index contributed by atoms with van der Waals surface area (Å²) in [5.41, 5.74) is 2.06. The molecule has 4 nitrogen and oxygen atoms in total. The maximum absolute atomic E-state index is 12.5. The fraction of sp³-hybridized carbons (Fsp3) is 0.350. The lowest BCUT2D eigenvalue weighted by molar-refractivity contribution is -0.131. The molecule has 0 aliphatic rings. The van der Waals surface area contributed by atoms with Crippen LogP contribution in [-0.4, -0.2) is 32.1 Å². The number of ether oxygens (including phenoxy) is 2. The van der Waals surface area contributed by atoms with E-state index in [1.807, 2.05) is 56.4 Å². The minimum absolute atomic E-state index is 0.0309. The predicted molar refractivity (Wildman–Crippen MR) is 101 cm³/mol. The Kier molecular flexibility index (Phi) is 6.71. The molecule has 134 valence electrons. The molecule has 2 aromatic carbocycles. The Morgan fingerprint density at radius 2 is 1.84 bits per heavy atom. The zero-order chi connectivity index (χ0) is 18.4. The minimum atomic E-state index is -0.0309. The Hall–Kier alpha value is -2.20. The van der Waals surface area contributed by atoms with Crippen LogP contribution >= 0.6 is 11.6 Å². The molecule has 0 saturated heterocycles. The average molecular weight is 362 g/mol. The van der Waals surface area contributed by atoms with Crippen LogP contribution in [0, 0.1) is 0 Å². The Morgan fingerprint density at radius 3 is 2.48 bits per heavy atom. The molecule has 0 heterocycles. The standard InChI is InChI=1S/C20H24ClNO3/c1-14(16-6-5-7-17(21)13-16)22(2)20(23)11-9-15-8-10-18(24-3)19(12-15)25-4/h5-8,10,12-14H,9,11H2,1-4H3. The van der Waals surface area contributed by atoms with Crippen LogP contribution in [0.5, 0.6) is 11.5 Å². The highest BCUT2D eigenvalue weighted by molar-refractivity contribution is 6.30. The van der Waals surface area contributed by atoms with Crippen LogP contribution in [0.1, 0.15) is 30.5 Å². The van der Waals surface area contributed by atoms with E-state index in [1.165, 1.54) is 0 Å². The van der Waals surface area contributed by atoms with Gasteiger partial charge in [-0.2, -0.15) is 0 Å². The third-order valence-corrected chi connectivity index (χ3v) is 4.62. The van der Waals surface area contributed by atoms with Gasteiger partial charge in [-0.05, 0) is 48.7 Å². The molecular weight excluding hydrogens is 338 g/mol. The molecule has 0 aromatic heterocycles. The van der Waals surface area contributed by atoms with Crippen LogP contribution < -0.4 is 9.47 Å². The minimum Gasteiger partial charge on any atom is -0.493 e. The zero-order valence-corrected chi connectivity index (χ0v) is 15.8. The second kappa shape index (κ2) is 8.77. The van der Waals surface area contributed by atoms with E-state index in [9.17, 15) is 4.79 Å². The Morgan fingerprint density at radius 1 is 1.12 bits per heavy atom. The molecule has 2 rings (SSSR count). The average Bonchev–Trinajstić information content (AvgIpc) is 2.64. The van der Waals surface area contributed by atoms with Gasteiger partial charge in [0.25, 0.3) is 0 Å². The van der Waals surface area contributed by atoms with Gasteiger partial charge in [0.1, 0.15) is 0 Å². The van der Waals surface area contributed by atoms with E-state index in [4.69, 9.17) is 21.1 Å². The first-order chi connectivity index (χ1) is 12.0. The van der Waals surface area contributed by atoms with Gasteiger partial charge < -0.3 is 14.4 Å². The third-order valence-electron chi connectivity index (χ3n) is 4.38. The second-order valence-corrected chi connectivity index (χ2v) is 6.36. The normalized spacial score (nSPS) is 11.7. The van der Waals surface area contributed by atoms with Crippen LogP contribution in [-0.2, 0) is 11.2 Å². The molecule has 0 radical (unpaired) electrons. The van der Waals surface area contributed by atoms with Gasteiger partial charge in [0.05, 0.1) is 20.3 Å². The van der Waals surface area contributed by atoms with Crippen molar-refractivity contribution in [3.05, 3.63) is 58.6 Å². The number of halogens is 1. The molecule has 0 aliphatic heterocycles. The highest BCUT2D eigenvalue weighted by Crippen LogP contribution is 2.28. The van der Waals surface area contributed by atoms with E-state index in [2.05, 4.69) is 0 Å². The lowest BCUT2D eigenvalue weighted by Crippen LogP contribution is -2.29. The van der Waals surface area contributed by atoms with Crippen LogP contribution in [0.25, 0.3) is 0 Å². The van der Waals surface area contributed by atoms with Crippen LogP contribution in [0.15, 0.2) is 42.5 Å². The molecular formula is C20H24ClNO3. The summed E-state index contributed by atoms with van der Waals surface area (Å²) in [6, 6.07) is 13.3. The molecule has 1 atom stereocenters. The SMILES string of the molecule is COc1ccc(CCC(=O)N(C)C(C)c2cccc(Cl)c2)cc1OC. The summed E-state index contributed by atoms with van der Waals surface area (Å²) in [7, 11) is 5.03. The first-order valence-corrected chi connectivity index (χ1v) is 8.56. The first-order valence-electron chi connectivity index (χ1n) is 8.18. The van der Waals surface area contributed by atoms with Gasteiger partial charge in [-0.1, -0.05) is 29.8 Å². The Bertz CT molecular complexity index is 733. The number of rotatable bonds is 7. The summed E-state index contributed by atoms with van der Waals surface area (Å²) in [5, 5.41) is 0.676. The molecule has 0 saturated carbocycles. The number of hydrogen-bond acceptors (Lipinski definition) is 3. The maximum atomic E-state index is 12.5. The van der Waals surface area contributed by atoms with E-state index in [1.54, 1.807) is 19.1 Å². The van der Waals surface area contributed by atoms with Crippen LogP contribution in [0.2, 0.25) is 5.02 Å². The first kappa shape index (κ1) is 19.1. The fourth-order valence-electron chi connectivity index (χ4n) is 2.67. The van der Waals surface area contributed by atoms with Crippen molar-refractivity contribution < 1.29 is 14.3 Å². The van der Waals surface area contributed by atoms with E-state index in [-0.39, 0.29) is 11.9 Å². The van der Waals surface area contributed by atoms with Gasteiger partial charge in [-0.25, -0.2) is 0 Å². The number of aryl methyl sites for hydroxylation is 1. The molecule has 1 amide bonds. The van der Waals surface area contributed by atoms with Crippen molar-refractivity contribution in [3.63, 3.8) is 0 Å². The monoisotopic (exact) mass is 361 g/mol. The van der Waals surface area contributed by atoms with E-state index >= 15 is 0 Å². The zero-order valence-electron chi connectivity index (χ0n) is 15.1. The van der Waals surface area contributed by atoms with E-state index in [0.29, 0.717) is 29.4 Å². The second-order valence-electron chi connectivity index (χ2n) is 5.92. The number of benzene rings is 2. The van der Waals surface area contributed by atoms with Gasteiger partial charge in [-0.3, -0.25) is 4.79 Å². The summed E-state index contributed by atoms with van der Waals surface area (Å²) in [4.78, 5) is 14.3. The smallest absolute Gasteiger partial charge is 0.223 e. The largest absolute Gasteiger partial charge is 0.493 e. The van der Waals surface area contributed by atoms with Crippen molar-refractivity contribution >= 4 is 17.5 Å². The predicted octanol–water partition coefficient (Wildman–Crippen LogP) is 4.51. The van der Waals surface area contributed by atoms with Crippen LogP contribution in [0.3, 0.4) is 0 Å². The molecule has 5 heteroatoms. The van der Waals surface area contributed by atoms with Crippen molar-refractivity contribution in [2.45, 2.75) is 25.8 Å². The molecule has 0 bridgehead atoms. The van der Waals surface area contributed by atoms with E-state index < -0.39 is 0 Å². The molecule has 0 spiro atoms. The lowest BCUT2D eigenvalue weighted by Gasteiger charge is -2.25. The van der Waals surface area contributed by atoms with Gasteiger partial charge in [0.2, 0.25) is 5.91 Å². The quantitative estimate of drug-likeness (QED) is 0.728. The van der Waals surface area contributed by atoms with E-state index in [0.717, 1.165) is 11.1 Å². The molecule has 2 aromatic rings. The number of nitrogens with zero attached hydrogens (tertiary/aromatic N) is 1. The van der Waals surface area contributed by atoms with Crippen molar-refractivity contribution in [1.82, 2.24) is 4.90 Å². The van der Waals surface area contributed by atoms with Crippen molar-refractivity contribution in [2.75, 3.05) is 21.3 Å². The number of hydrogen-bond donors (Lipinski definition) is 0. The summed E-state index contributed by atoms with van der Waals surface area (Å²) in [5.74, 6) is 1.44. The maximum Gasteiger partial charge on any atom is 0.223 e. The fourth-order valence-corrected chi connectivity index (χ4v) is 2.87. The molecule has 0 aliphatic carbocycles. The van der Waals surface area contributed by atoms with Gasteiger partial charge >= 0.3 is 0 Å². The molecule has 1 unspecified atom stereocenters. The van der Waals surface area contributed by atoms with Gasteiger partial charge in [0, 0.05) is 18.5 Å². The van der Waals surface area contributed by atoms with Gasteiger partial charge in [0.15, 0.2) is 11.5 Å². The van der Waals surface area contributed by atoms with Gasteiger partial charge in [-0.15, -0.1) is 0 Å². The molecule has 0 N–H and O–H groups in total. The number of amides is 1. The summed E-state index contributed by atoms with van der Waals surface area (Å²) < 4.78 is 10.5. The highest BCUT2D eigenvalue weighted by atomic mass is 35.5. The van der Waals surface area contributed by atoms with Crippen molar-refractivity contribution in [1.29, 1.82) is 0 Å². The Labute approximate surface area is 154 Å². The summed E-state index contributed by atoms with van der Waals surface area (Å²) >= 11 is 6.04. The molecule has 25 heavy (non-hydrogen) atoms. The van der Waals surface area contributed by atoms with Crippen LogP contribution in [0.4, 0.5) is 0 Å². The lowest BCUT2D eigenvalue weighted by atomic mass is 10.1. The highest BCUT2D eigenvalue weighted by Gasteiger charge is 2.17. The van der Waals surface area contributed by atoms with Crippen molar-refractivity contribution in [2.24, 2.45) is 0 Å². The summed E-state index contributed by atoms with van der Waals surface area (Å²) in [6.45, 7) is 2.00. The summed E-state index contributed by atoms with van der Waals surface area (Å²) in [6.07, 6.45) is 1.07. The Balaban J connectivity index is 1.99. The number of carbonyl (C=O) groups is 1. The number of methoxy groups -OCH3 is 2.